The van der Waals surface area contributed by atoms with Gasteiger partial charge in [0.05, 0.1) is 0 Å². The first-order chi connectivity index (χ1) is 6.77. The van der Waals surface area contributed by atoms with Gasteiger partial charge in [0.2, 0.25) is 5.24 Å². The van der Waals surface area contributed by atoms with Crippen molar-refractivity contribution in [2.24, 2.45) is 5.92 Å². The van der Waals surface area contributed by atoms with Gasteiger partial charge in [-0.3, -0.25) is 4.79 Å². The highest BCUT2D eigenvalue weighted by Crippen LogP contribution is 2.32. The molecule has 0 unspecified atom stereocenters. The van der Waals surface area contributed by atoms with E-state index in [1.807, 2.05) is 0 Å². The molecule has 2 atom stereocenters. The maximum atomic E-state index is 10.9. The molecular formula is C11H18ClNO. The third-order valence-corrected chi connectivity index (χ3v) is 3.81. The van der Waals surface area contributed by atoms with Gasteiger partial charge in [-0.1, -0.05) is 6.42 Å². The van der Waals surface area contributed by atoms with Crippen molar-refractivity contribution in [3.8, 4) is 0 Å². The third kappa shape index (κ3) is 2.29. The lowest BCUT2D eigenvalue weighted by Gasteiger charge is -2.44. The van der Waals surface area contributed by atoms with Crippen LogP contribution < -0.4 is 0 Å². The van der Waals surface area contributed by atoms with Gasteiger partial charge in [-0.25, -0.2) is 0 Å². The fourth-order valence-electron chi connectivity index (χ4n) is 3.02. The SMILES string of the molecule is O=C(Cl)C[C@@H]1CCCN2CCCC[C@H]12. The van der Waals surface area contributed by atoms with E-state index < -0.39 is 0 Å². The van der Waals surface area contributed by atoms with Gasteiger partial charge in [-0.15, -0.1) is 0 Å². The summed E-state index contributed by atoms with van der Waals surface area (Å²) in [7, 11) is 0. The summed E-state index contributed by atoms with van der Waals surface area (Å²) in [5.41, 5.74) is 0. The maximum absolute atomic E-state index is 10.9. The van der Waals surface area contributed by atoms with Crippen LogP contribution in [0, 0.1) is 5.92 Å². The van der Waals surface area contributed by atoms with Crippen LogP contribution in [-0.4, -0.2) is 29.3 Å². The second-order valence-corrected chi connectivity index (χ2v) is 4.98. The Morgan fingerprint density at radius 1 is 1.21 bits per heavy atom. The molecule has 3 heteroatoms. The molecule has 2 heterocycles. The summed E-state index contributed by atoms with van der Waals surface area (Å²) in [5, 5.41) is -0.151. The van der Waals surface area contributed by atoms with Crippen LogP contribution >= 0.6 is 11.6 Å². The number of piperidine rings is 2. The molecule has 0 bridgehead atoms. The van der Waals surface area contributed by atoms with E-state index in [0.717, 1.165) is 0 Å². The summed E-state index contributed by atoms with van der Waals surface area (Å²) in [6.07, 6.45) is 6.95. The average molecular weight is 216 g/mol. The molecule has 2 rings (SSSR count). The zero-order chi connectivity index (χ0) is 9.97. The van der Waals surface area contributed by atoms with Crippen molar-refractivity contribution >= 4 is 16.8 Å². The maximum Gasteiger partial charge on any atom is 0.221 e. The fraction of sp³-hybridized carbons (Fsp3) is 0.909. The predicted molar refractivity (Wildman–Crippen MR) is 57.4 cm³/mol. The molecule has 0 aromatic rings. The van der Waals surface area contributed by atoms with E-state index in [4.69, 9.17) is 11.6 Å². The number of fused-ring (bicyclic) bond motifs is 1. The molecule has 0 N–H and O–H groups in total. The van der Waals surface area contributed by atoms with Crippen molar-refractivity contribution in [3.05, 3.63) is 0 Å². The van der Waals surface area contributed by atoms with Crippen molar-refractivity contribution in [2.75, 3.05) is 13.1 Å². The molecule has 2 aliphatic rings. The Balaban J connectivity index is 1.97. The molecule has 0 aromatic carbocycles. The van der Waals surface area contributed by atoms with E-state index in [2.05, 4.69) is 4.90 Å². The molecular weight excluding hydrogens is 198 g/mol. The van der Waals surface area contributed by atoms with Gasteiger partial charge in [0.15, 0.2) is 0 Å². The van der Waals surface area contributed by atoms with Gasteiger partial charge in [0, 0.05) is 12.5 Å². The highest BCUT2D eigenvalue weighted by molar-refractivity contribution is 6.63. The molecule has 0 aromatic heterocycles. The number of nitrogens with zero attached hydrogens (tertiary/aromatic N) is 1. The molecule has 2 nitrogen and oxygen atoms in total. The number of carbonyl (C=O) groups excluding carboxylic acids is 1. The van der Waals surface area contributed by atoms with Crippen molar-refractivity contribution in [3.63, 3.8) is 0 Å². The van der Waals surface area contributed by atoms with E-state index in [9.17, 15) is 4.79 Å². The van der Waals surface area contributed by atoms with Crippen LogP contribution in [0.2, 0.25) is 0 Å². The quantitative estimate of drug-likeness (QED) is 0.660. The predicted octanol–water partition coefficient (Wildman–Crippen LogP) is 2.41. The molecule has 2 fully saturated rings. The molecule has 0 spiro atoms. The standard InChI is InChI=1S/C11H18ClNO/c12-11(14)8-9-4-3-7-13-6-2-1-5-10(9)13/h9-10H,1-8H2/t9-,10+/m0/s1. The van der Waals surface area contributed by atoms with Gasteiger partial charge >= 0.3 is 0 Å². The van der Waals surface area contributed by atoms with E-state index in [0.29, 0.717) is 18.4 Å². The van der Waals surface area contributed by atoms with Crippen LogP contribution in [0.15, 0.2) is 0 Å². The molecule has 0 radical (unpaired) electrons. The van der Waals surface area contributed by atoms with E-state index in [1.165, 1.54) is 45.2 Å². The minimum atomic E-state index is -0.151. The van der Waals surface area contributed by atoms with Crippen LogP contribution in [0.25, 0.3) is 0 Å². The lowest BCUT2D eigenvalue weighted by molar-refractivity contribution is -0.113. The van der Waals surface area contributed by atoms with Gasteiger partial charge in [0.25, 0.3) is 0 Å². The van der Waals surface area contributed by atoms with Crippen LogP contribution in [-0.2, 0) is 4.79 Å². The van der Waals surface area contributed by atoms with Crippen LogP contribution in [0.3, 0.4) is 0 Å². The number of hydrogen-bond donors (Lipinski definition) is 0. The topological polar surface area (TPSA) is 20.3 Å². The third-order valence-electron chi connectivity index (χ3n) is 3.65. The Morgan fingerprint density at radius 3 is 2.79 bits per heavy atom. The minimum absolute atomic E-state index is 0.151. The Bertz CT molecular complexity index is 217. The first-order valence-electron chi connectivity index (χ1n) is 5.70. The Hall–Kier alpha value is -0.0800. The molecule has 2 saturated heterocycles. The molecule has 0 saturated carbocycles. The number of hydrogen-bond acceptors (Lipinski definition) is 2. The van der Waals surface area contributed by atoms with Gasteiger partial charge in [-0.05, 0) is 56.3 Å². The largest absolute Gasteiger partial charge is 0.300 e. The van der Waals surface area contributed by atoms with Gasteiger partial charge in [-0.2, -0.15) is 0 Å². The molecule has 2 aliphatic heterocycles. The van der Waals surface area contributed by atoms with Crippen LogP contribution in [0.4, 0.5) is 0 Å². The van der Waals surface area contributed by atoms with Crippen LogP contribution in [0.5, 0.6) is 0 Å². The lowest BCUT2D eigenvalue weighted by Crippen LogP contribution is -2.48. The van der Waals surface area contributed by atoms with Crippen molar-refractivity contribution < 1.29 is 4.79 Å². The van der Waals surface area contributed by atoms with Crippen molar-refractivity contribution in [2.45, 2.75) is 44.6 Å². The van der Waals surface area contributed by atoms with Crippen LogP contribution in [0.1, 0.15) is 38.5 Å². The Kier molecular flexibility index (Phi) is 3.45. The van der Waals surface area contributed by atoms with Gasteiger partial charge < -0.3 is 4.90 Å². The first kappa shape index (κ1) is 10.4. The summed E-state index contributed by atoms with van der Waals surface area (Å²) in [6, 6.07) is 0.653. The second-order valence-electron chi connectivity index (χ2n) is 4.56. The van der Waals surface area contributed by atoms with Gasteiger partial charge in [0.1, 0.15) is 0 Å². The number of halogens is 1. The lowest BCUT2D eigenvalue weighted by atomic mass is 9.82. The van der Waals surface area contributed by atoms with E-state index in [-0.39, 0.29) is 5.24 Å². The molecule has 80 valence electrons. The summed E-state index contributed by atoms with van der Waals surface area (Å²) >= 11 is 5.48. The average Bonchev–Trinajstić information content (AvgIpc) is 2.18. The Labute approximate surface area is 90.6 Å². The normalized spacial score (nSPS) is 33.8. The zero-order valence-electron chi connectivity index (χ0n) is 8.54. The second kappa shape index (κ2) is 4.63. The van der Waals surface area contributed by atoms with E-state index >= 15 is 0 Å². The monoisotopic (exact) mass is 215 g/mol. The number of carbonyl (C=O) groups is 1. The summed E-state index contributed by atoms with van der Waals surface area (Å²) in [5.74, 6) is 0.536. The van der Waals surface area contributed by atoms with Crippen molar-refractivity contribution in [1.29, 1.82) is 0 Å². The Morgan fingerprint density at radius 2 is 2.00 bits per heavy atom. The summed E-state index contributed by atoms with van der Waals surface area (Å²) in [4.78, 5) is 13.5. The molecule has 0 aliphatic carbocycles. The highest BCUT2D eigenvalue weighted by Gasteiger charge is 2.33. The molecule has 0 amide bonds. The van der Waals surface area contributed by atoms with E-state index in [1.54, 1.807) is 0 Å². The molecule has 14 heavy (non-hydrogen) atoms. The first-order valence-corrected chi connectivity index (χ1v) is 6.07. The highest BCUT2D eigenvalue weighted by atomic mass is 35.5. The summed E-state index contributed by atoms with van der Waals surface area (Å²) < 4.78 is 0. The van der Waals surface area contributed by atoms with Crippen molar-refractivity contribution in [1.82, 2.24) is 4.90 Å². The number of rotatable bonds is 2. The minimum Gasteiger partial charge on any atom is -0.300 e. The zero-order valence-corrected chi connectivity index (χ0v) is 9.30. The summed E-state index contributed by atoms with van der Waals surface area (Å²) in [6.45, 7) is 2.47. The smallest absolute Gasteiger partial charge is 0.221 e. The fourth-order valence-corrected chi connectivity index (χ4v) is 3.22.